The summed E-state index contributed by atoms with van der Waals surface area (Å²) in [6.07, 6.45) is 0. The number of piperazine rings is 1. The fraction of sp³-hybridized carbons (Fsp3) is 0.545. The van der Waals surface area contributed by atoms with E-state index in [-0.39, 0.29) is 0 Å². The van der Waals surface area contributed by atoms with Crippen LogP contribution >= 0.6 is 11.6 Å². The molecule has 0 radical (unpaired) electrons. The molecule has 0 atom stereocenters. The lowest BCUT2D eigenvalue weighted by molar-refractivity contribution is 0.270. The molecule has 5 heteroatoms. The van der Waals surface area contributed by atoms with E-state index in [0.29, 0.717) is 10.8 Å². The van der Waals surface area contributed by atoms with Gasteiger partial charge in [0.15, 0.2) is 5.82 Å². The largest absolute Gasteiger partial charge is 0.396 e. The predicted molar refractivity (Wildman–Crippen MR) is 68.0 cm³/mol. The smallest absolute Gasteiger partial charge is 0.153 e. The van der Waals surface area contributed by atoms with E-state index in [0.717, 1.165) is 38.5 Å². The van der Waals surface area contributed by atoms with Gasteiger partial charge in [-0.15, -0.1) is 0 Å². The number of pyridine rings is 1. The molecule has 4 nitrogen and oxygen atoms in total. The number of hydrogen-bond acceptors (Lipinski definition) is 4. The lowest BCUT2D eigenvalue weighted by Gasteiger charge is -2.35. The molecule has 2 N–H and O–H groups in total. The van der Waals surface area contributed by atoms with E-state index in [1.807, 2.05) is 6.07 Å². The Morgan fingerprint density at radius 3 is 2.62 bits per heavy atom. The summed E-state index contributed by atoms with van der Waals surface area (Å²) < 4.78 is 0. The molecule has 0 saturated carbocycles. The van der Waals surface area contributed by atoms with Crippen molar-refractivity contribution < 1.29 is 0 Å². The second-order valence-corrected chi connectivity index (χ2v) is 4.36. The first-order chi connectivity index (χ1) is 7.70. The highest BCUT2D eigenvalue weighted by Crippen LogP contribution is 2.23. The van der Waals surface area contributed by atoms with Crippen molar-refractivity contribution in [3.05, 3.63) is 17.3 Å². The van der Waals surface area contributed by atoms with Gasteiger partial charge in [0, 0.05) is 26.2 Å². The van der Waals surface area contributed by atoms with Crippen molar-refractivity contribution in [3.63, 3.8) is 0 Å². The molecule has 0 amide bonds. The molecule has 2 heterocycles. The number of halogens is 1. The highest BCUT2D eigenvalue weighted by Gasteiger charge is 2.18. The minimum atomic E-state index is 0.502. The average molecular weight is 241 g/mol. The van der Waals surface area contributed by atoms with Crippen LogP contribution in [0, 0.1) is 0 Å². The number of likely N-dealkylation sites (N-methyl/N-ethyl adjacent to an activating group) is 1. The Morgan fingerprint density at radius 1 is 1.31 bits per heavy atom. The van der Waals surface area contributed by atoms with Crippen LogP contribution in [0.3, 0.4) is 0 Å². The van der Waals surface area contributed by atoms with Crippen LogP contribution in [0.1, 0.15) is 6.92 Å². The van der Waals surface area contributed by atoms with Gasteiger partial charge in [0.1, 0.15) is 5.15 Å². The second-order valence-electron chi connectivity index (χ2n) is 3.97. The molecule has 1 aromatic heterocycles. The van der Waals surface area contributed by atoms with Crippen LogP contribution in [0.4, 0.5) is 11.5 Å². The molecule has 0 aromatic carbocycles. The van der Waals surface area contributed by atoms with Gasteiger partial charge in [-0.2, -0.15) is 0 Å². The van der Waals surface area contributed by atoms with Crippen molar-refractivity contribution in [3.8, 4) is 0 Å². The molecule has 0 unspecified atom stereocenters. The molecule has 1 fully saturated rings. The lowest BCUT2D eigenvalue weighted by atomic mass is 10.3. The molecule has 1 aliphatic rings. The van der Waals surface area contributed by atoms with Gasteiger partial charge in [-0.3, -0.25) is 0 Å². The third-order valence-corrected chi connectivity index (χ3v) is 3.20. The van der Waals surface area contributed by atoms with Gasteiger partial charge in [-0.1, -0.05) is 18.5 Å². The van der Waals surface area contributed by atoms with Crippen molar-refractivity contribution in [2.75, 3.05) is 43.4 Å². The molecule has 2 rings (SSSR count). The highest BCUT2D eigenvalue weighted by molar-refractivity contribution is 6.29. The summed E-state index contributed by atoms with van der Waals surface area (Å²) in [5.74, 6) is 0.822. The van der Waals surface area contributed by atoms with Crippen molar-refractivity contribution in [2.45, 2.75) is 6.92 Å². The Balaban J connectivity index is 2.10. The Kier molecular flexibility index (Phi) is 3.51. The highest BCUT2D eigenvalue weighted by atomic mass is 35.5. The molecular formula is C11H17ClN4. The number of nitrogens with zero attached hydrogens (tertiary/aromatic N) is 3. The van der Waals surface area contributed by atoms with Gasteiger partial charge in [0.2, 0.25) is 0 Å². The minimum absolute atomic E-state index is 0.502. The second kappa shape index (κ2) is 4.89. The predicted octanol–water partition coefficient (Wildman–Crippen LogP) is 1.46. The van der Waals surface area contributed by atoms with Gasteiger partial charge < -0.3 is 15.5 Å². The van der Waals surface area contributed by atoms with Crippen LogP contribution in [-0.4, -0.2) is 42.6 Å². The zero-order chi connectivity index (χ0) is 11.5. The number of rotatable bonds is 2. The molecule has 1 aliphatic heterocycles. The summed E-state index contributed by atoms with van der Waals surface area (Å²) >= 11 is 5.89. The SMILES string of the molecule is CCN1CCN(c2nc(Cl)ccc2N)CC1. The van der Waals surface area contributed by atoms with E-state index < -0.39 is 0 Å². The van der Waals surface area contributed by atoms with E-state index >= 15 is 0 Å². The Bertz CT molecular complexity index is 361. The number of anilines is 2. The fourth-order valence-electron chi connectivity index (χ4n) is 1.97. The van der Waals surface area contributed by atoms with Crippen LogP contribution in [0.15, 0.2) is 12.1 Å². The van der Waals surface area contributed by atoms with E-state index in [2.05, 4.69) is 21.7 Å². The number of nitrogens with two attached hydrogens (primary N) is 1. The maximum absolute atomic E-state index is 5.91. The van der Waals surface area contributed by atoms with Gasteiger partial charge in [0.05, 0.1) is 5.69 Å². The van der Waals surface area contributed by atoms with Crippen LogP contribution in [0.2, 0.25) is 5.15 Å². The molecular weight excluding hydrogens is 224 g/mol. The molecule has 1 aromatic rings. The summed E-state index contributed by atoms with van der Waals surface area (Å²) in [6.45, 7) is 7.33. The summed E-state index contributed by atoms with van der Waals surface area (Å²) in [4.78, 5) is 8.91. The fourth-order valence-corrected chi connectivity index (χ4v) is 2.11. The first-order valence-corrected chi connectivity index (χ1v) is 5.98. The quantitative estimate of drug-likeness (QED) is 0.795. The lowest BCUT2D eigenvalue weighted by Crippen LogP contribution is -2.46. The summed E-state index contributed by atoms with van der Waals surface area (Å²) in [7, 11) is 0. The standard InChI is InChI=1S/C11H17ClN4/c1-2-15-5-7-16(8-6-15)11-9(13)3-4-10(12)14-11/h3-4H,2,5-8,13H2,1H3. The van der Waals surface area contributed by atoms with Crippen molar-refractivity contribution in [1.29, 1.82) is 0 Å². The third kappa shape index (κ3) is 2.39. The van der Waals surface area contributed by atoms with Crippen LogP contribution < -0.4 is 10.6 Å². The normalized spacial score (nSPS) is 17.8. The summed E-state index contributed by atoms with van der Waals surface area (Å²) in [5.41, 5.74) is 6.61. The van der Waals surface area contributed by atoms with E-state index in [1.54, 1.807) is 6.07 Å². The van der Waals surface area contributed by atoms with Gasteiger partial charge in [-0.25, -0.2) is 4.98 Å². The van der Waals surface area contributed by atoms with Crippen molar-refractivity contribution in [2.24, 2.45) is 0 Å². The Labute approximate surface area is 101 Å². The van der Waals surface area contributed by atoms with Crippen molar-refractivity contribution >= 4 is 23.1 Å². The van der Waals surface area contributed by atoms with Crippen molar-refractivity contribution in [1.82, 2.24) is 9.88 Å². The molecule has 0 bridgehead atoms. The number of aromatic nitrogens is 1. The third-order valence-electron chi connectivity index (χ3n) is 2.99. The minimum Gasteiger partial charge on any atom is -0.396 e. The zero-order valence-electron chi connectivity index (χ0n) is 9.49. The van der Waals surface area contributed by atoms with Gasteiger partial charge >= 0.3 is 0 Å². The van der Waals surface area contributed by atoms with Gasteiger partial charge in [0.25, 0.3) is 0 Å². The molecule has 1 saturated heterocycles. The zero-order valence-corrected chi connectivity index (χ0v) is 10.2. The first-order valence-electron chi connectivity index (χ1n) is 5.60. The molecule has 16 heavy (non-hydrogen) atoms. The number of nitrogen functional groups attached to an aromatic ring is 1. The molecule has 0 spiro atoms. The van der Waals surface area contributed by atoms with Crippen LogP contribution in [0.5, 0.6) is 0 Å². The Hall–Kier alpha value is -1.00. The van der Waals surface area contributed by atoms with Gasteiger partial charge in [-0.05, 0) is 18.7 Å². The van der Waals surface area contributed by atoms with E-state index in [1.165, 1.54) is 0 Å². The first kappa shape index (κ1) is 11.5. The van der Waals surface area contributed by atoms with E-state index in [9.17, 15) is 0 Å². The monoisotopic (exact) mass is 240 g/mol. The average Bonchev–Trinajstić information content (AvgIpc) is 2.32. The topological polar surface area (TPSA) is 45.4 Å². The summed E-state index contributed by atoms with van der Waals surface area (Å²) in [6, 6.07) is 3.54. The maximum Gasteiger partial charge on any atom is 0.153 e. The van der Waals surface area contributed by atoms with Crippen LogP contribution in [-0.2, 0) is 0 Å². The molecule has 88 valence electrons. The maximum atomic E-state index is 5.91. The summed E-state index contributed by atoms with van der Waals surface area (Å²) in [5, 5.41) is 0.502. The van der Waals surface area contributed by atoms with E-state index in [4.69, 9.17) is 17.3 Å². The molecule has 0 aliphatic carbocycles. The Morgan fingerprint density at radius 2 is 2.00 bits per heavy atom. The number of hydrogen-bond donors (Lipinski definition) is 1. The van der Waals surface area contributed by atoms with Crippen LogP contribution in [0.25, 0.3) is 0 Å².